The van der Waals surface area contributed by atoms with E-state index in [-0.39, 0.29) is 18.6 Å². The van der Waals surface area contributed by atoms with Gasteiger partial charge < -0.3 is 15.2 Å². The summed E-state index contributed by atoms with van der Waals surface area (Å²) in [6, 6.07) is 5.85. The Morgan fingerprint density at radius 3 is 2.90 bits per heavy atom. The monoisotopic (exact) mass is 291 g/mol. The van der Waals surface area contributed by atoms with Crippen molar-refractivity contribution in [3.63, 3.8) is 0 Å². The summed E-state index contributed by atoms with van der Waals surface area (Å²) in [7, 11) is 0. The summed E-state index contributed by atoms with van der Waals surface area (Å²) in [5, 5.41) is 12.9. The van der Waals surface area contributed by atoms with Crippen molar-refractivity contribution in [1.29, 1.82) is 0 Å². The molecule has 0 bridgehead atoms. The molecule has 1 unspecified atom stereocenters. The van der Waals surface area contributed by atoms with Crippen LogP contribution in [0.5, 0.6) is 5.75 Å². The first-order chi connectivity index (χ1) is 9.97. The quantitative estimate of drug-likeness (QED) is 0.876. The SMILES string of the molecule is CC(C)C(C)NC(=O)COc1ccc2c(c1)[C@@H](O)CCC2. The van der Waals surface area contributed by atoms with Gasteiger partial charge in [0.1, 0.15) is 5.75 Å². The minimum atomic E-state index is -0.410. The number of fused-ring (bicyclic) bond motifs is 1. The summed E-state index contributed by atoms with van der Waals surface area (Å²) in [6.07, 6.45) is 2.40. The highest BCUT2D eigenvalue weighted by Crippen LogP contribution is 2.32. The first-order valence-electron chi connectivity index (χ1n) is 7.70. The number of carbonyl (C=O) groups is 1. The molecule has 1 aromatic rings. The summed E-state index contributed by atoms with van der Waals surface area (Å²) in [6.45, 7) is 6.12. The molecule has 0 aliphatic heterocycles. The van der Waals surface area contributed by atoms with Gasteiger partial charge in [-0.3, -0.25) is 4.79 Å². The number of carbonyl (C=O) groups excluding carboxylic acids is 1. The number of hydrogen-bond donors (Lipinski definition) is 2. The maximum absolute atomic E-state index is 11.8. The number of nitrogens with one attached hydrogen (secondary N) is 1. The number of hydrogen-bond acceptors (Lipinski definition) is 3. The van der Waals surface area contributed by atoms with Crippen LogP contribution in [-0.4, -0.2) is 23.7 Å². The van der Waals surface area contributed by atoms with Crippen LogP contribution in [0.1, 0.15) is 50.8 Å². The Morgan fingerprint density at radius 1 is 1.43 bits per heavy atom. The first kappa shape index (κ1) is 15.8. The van der Waals surface area contributed by atoms with E-state index in [2.05, 4.69) is 19.2 Å². The first-order valence-corrected chi connectivity index (χ1v) is 7.70. The third-order valence-corrected chi connectivity index (χ3v) is 4.16. The van der Waals surface area contributed by atoms with Gasteiger partial charge >= 0.3 is 0 Å². The molecule has 0 radical (unpaired) electrons. The van der Waals surface area contributed by atoms with Crippen LogP contribution in [0, 0.1) is 5.92 Å². The zero-order valence-electron chi connectivity index (χ0n) is 13.1. The Balaban J connectivity index is 1.92. The zero-order chi connectivity index (χ0) is 15.4. The van der Waals surface area contributed by atoms with Crippen molar-refractivity contribution in [3.8, 4) is 5.75 Å². The van der Waals surface area contributed by atoms with Gasteiger partial charge in [-0.1, -0.05) is 19.9 Å². The average Bonchev–Trinajstić information content (AvgIpc) is 2.45. The van der Waals surface area contributed by atoms with E-state index in [1.165, 1.54) is 5.56 Å². The molecule has 0 spiro atoms. The molecule has 116 valence electrons. The molecule has 4 nitrogen and oxygen atoms in total. The molecule has 4 heteroatoms. The van der Waals surface area contributed by atoms with Crippen molar-refractivity contribution in [2.45, 2.75) is 52.2 Å². The molecular formula is C17H25NO3. The van der Waals surface area contributed by atoms with E-state index < -0.39 is 6.10 Å². The maximum atomic E-state index is 11.8. The zero-order valence-corrected chi connectivity index (χ0v) is 13.1. The maximum Gasteiger partial charge on any atom is 0.258 e. The van der Waals surface area contributed by atoms with E-state index in [0.717, 1.165) is 24.8 Å². The molecular weight excluding hydrogens is 266 g/mol. The highest BCUT2D eigenvalue weighted by atomic mass is 16.5. The lowest BCUT2D eigenvalue weighted by Gasteiger charge is -2.22. The largest absolute Gasteiger partial charge is 0.484 e. The molecule has 21 heavy (non-hydrogen) atoms. The van der Waals surface area contributed by atoms with Crippen LogP contribution in [-0.2, 0) is 11.2 Å². The van der Waals surface area contributed by atoms with Crippen LogP contribution in [0.15, 0.2) is 18.2 Å². The van der Waals surface area contributed by atoms with Crippen molar-refractivity contribution in [2.24, 2.45) is 5.92 Å². The van der Waals surface area contributed by atoms with E-state index >= 15 is 0 Å². The number of aliphatic hydroxyl groups excluding tert-OH is 1. The fraction of sp³-hybridized carbons (Fsp3) is 0.588. The third kappa shape index (κ3) is 4.21. The molecule has 1 aliphatic carbocycles. The summed E-state index contributed by atoms with van der Waals surface area (Å²) in [4.78, 5) is 11.8. The van der Waals surface area contributed by atoms with Crippen LogP contribution in [0.2, 0.25) is 0 Å². The van der Waals surface area contributed by atoms with Gasteiger partial charge in [0.25, 0.3) is 5.91 Å². The molecule has 1 aromatic carbocycles. The van der Waals surface area contributed by atoms with Gasteiger partial charge in [-0.05, 0) is 55.4 Å². The van der Waals surface area contributed by atoms with Gasteiger partial charge in [0.05, 0.1) is 6.10 Å². The average molecular weight is 291 g/mol. The van der Waals surface area contributed by atoms with Crippen molar-refractivity contribution in [2.75, 3.05) is 6.61 Å². The number of aryl methyl sites for hydroxylation is 1. The second kappa shape index (κ2) is 6.94. The van der Waals surface area contributed by atoms with Crippen molar-refractivity contribution < 1.29 is 14.6 Å². The van der Waals surface area contributed by atoms with Crippen LogP contribution in [0.25, 0.3) is 0 Å². The van der Waals surface area contributed by atoms with E-state index in [1.807, 2.05) is 25.1 Å². The number of amides is 1. The summed E-state index contributed by atoms with van der Waals surface area (Å²) >= 11 is 0. The van der Waals surface area contributed by atoms with Crippen molar-refractivity contribution in [3.05, 3.63) is 29.3 Å². The smallest absolute Gasteiger partial charge is 0.258 e. The van der Waals surface area contributed by atoms with Gasteiger partial charge in [0, 0.05) is 6.04 Å². The van der Waals surface area contributed by atoms with Crippen molar-refractivity contribution in [1.82, 2.24) is 5.32 Å². The van der Waals surface area contributed by atoms with Gasteiger partial charge in [-0.15, -0.1) is 0 Å². The highest BCUT2D eigenvalue weighted by molar-refractivity contribution is 5.77. The molecule has 2 rings (SSSR count). The number of rotatable bonds is 5. The van der Waals surface area contributed by atoms with Gasteiger partial charge in [-0.25, -0.2) is 0 Å². The Labute approximate surface area is 126 Å². The van der Waals surface area contributed by atoms with E-state index in [0.29, 0.717) is 11.7 Å². The lowest BCUT2D eigenvalue weighted by Crippen LogP contribution is -2.38. The second-order valence-corrected chi connectivity index (χ2v) is 6.16. The molecule has 1 amide bonds. The Morgan fingerprint density at radius 2 is 2.19 bits per heavy atom. The number of aliphatic hydroxyl groups is 1. The van der Waals surface area contributed by atoms with Crippen LogP contribution in [0.3, 0.4) is 0 Å². The van der Waals surface area contributed by atoms with Gasteiger partial charge in [0.2, 0.25) is 0 Å². The molecule has 0 heterocycles. The minimum Gasteiger partial charge on any atom is -0.484 e. The second-order valence-electron chi connectivity index (χ2n) is 6.16. The predicted octanol–water partition coefficient (Wildman–Crippen LogP) is 2.60. The van der Waals surface area contributed by atoms with Gasteiger partial charge in [0.15, 0.2) is 6.61 Å². The summed E-state index contributed by atoms with van der Waals surface area (Å²) in [5.41, 5.74) is 2.12. The molecule has 0 saturated carbocycles. The Hall–Kier alpha value is -1.55. The molecule has 2 N–H and O–H groups in total. The predicted molar refractivity (Wildman–Crippen MR) is 82.3 cm³/mol. The van der Waals surface area contributed by atoms with Crippen LogP contribution >= 0.6 is 0 Å². The number of ether oxygens (including phenoxy) is 1. The topological polar surface area (TPSA) is 58.6 Å². The molecule has 0 fully saturated rings. The third-order valence-electron chi connectivity index (χ3n) is 4.16. The fourth-order valence-corrected chi connectivity index (χ4v) is 2.45. The molecule has 0 aromatic heterocycles. The Kier molecular flexibility index (Phi) is 5.23. The highest BCUT2D eigenvalue weighted by Gasteiger charge is 2.18. The van der Waals surface area contributed by atoms with Crippen LogP contribution in [0.4, 0.5) is 0 Å². The molecule has 0 saturated heterocycles. The fourth-order valence-electron chi connectivity index (χ4n) is 2.45. The lowest BCUT2D eigenvalue weighted by atomic mass is 9.89. The van der Waals surface area contributed by atoms with Crippen LogP contribution < -0.4 is 10.1 Å². The molecule has 2 atom stereocenters. The standard InChI is InChI=1S/C17H25NO3/c1-11(2)12(3)18-17(20)10-21-14-8-7-13-5-4-6-16(19)15(13)9-14/h7-9,11-12,16,19H,4-6,10H2,1-3H3,(H,18,20)/t12?,16-/m0/s1. The van der Waals surface area contributed by atoms with E-state index in [4.69, 9.17) is 4.74 Å². The molecule has 1 aliphatic rings. The number of benzene rings is 1. The van der Waals surface area contributed by atoms with Gasteiger partial charge in [-0.2, -0.15) is 0 Å². The Bertz CT molecular complexity index is 499. The van der Waals surface area contributed by atoms with Crippen molar-refractivity contribution >= 4 is 5.91 Å². The normalized spacial score (nSPS) is 19.0. The van der Waals surface area contributed by atoms with E-state index in [9.17, 15) is 9.90 Å². The summed E-state index contributed by atoms with van der Waals surface area (Å²) in [5.74, 6) is 0.921. The minimum absolute atomic E-state index is 0.00589. The van der Waals surface area contributed by atoms with E-state index in [1.54, 1.807) is 0 Å². The summed E-state index contributed by atoms with van der Waals surface area (Å²) < 4.78 is 5.54. The lowest BCUT2D eigenvalue weighted by molar-refractivity contribution is -0.124.